The summed E-state index contributed by atoms with van der Waals surface area (Å²) in [5, 5.41) is 0. The van der Waals surface area contributed by atoms with Crippen LogP contribution in [0.2, 0.25) is 29.6 Å². The number of thiophene rings is 2. The van der Waals surface area contributed by atoms with Crippen molar-refractivity contribution < 1.29 is 0 Å². The van der Waals surface area contributed by atoms with E-state index >= 15 is 0 Å². The van der Waals surface area contributed by atoms with E-state index in [1.807, 2.05) is 5.79 Å². The Kier molecular flexibility index (Phi) is 17.2. The Morgan fingerprint density at radius 2 is 0.737 bits per heavy atom. The van der Waals surface area contributed by atoms with Gasteiger partial charge in [0.15, 0.2) is 0 Å². The van der Waals surface area contributed by atoms with Crippen LogP contribution in [0.5, 0.6) is 0 Å². The van der Waals surface area contributed by atoms with Crippen molar-refractivity contribution in [2.24, 2.45) is 0 Å². The fourth-order valence-corrected chi connectivity index (χ4v) is 22.0. The standard InChI is InChI=1S/C28H44S2.6CH3.2Sn/c1-3-5-7-9-11-13-15-17-19-25-21-27(29-23-25)28-22-26(24-30-28)20-18-16-14-12-10-8-6-4-2;;;;;;;;/h21-22H,3-20H2,1-2H3;6*1H3;;. The maximum atomic E-state index is 2.65. The van der Waals surface area contributed by atoms with Gasteiger partial charge in [0, 0.05) is 0 Å². The summed E-state index contributed by atoms with van der Waals surface area (Å²) in [6.07, 6.45) is 25.3. The first-order valence-corrected chi connectivity index (χ1v) is 38.0. The second-order valence-corrected chi connectivity index (χ2v) is 46.6. The van der Waals surface area contributed by atoms with Crippen LogP contribution in [0, 0.1) is 0 Å². The Morgan fingerprint density at radius 3 is 1.03 bits per heavy atom. The van der Waals surface area contributed by atoms with E-state index < -0.39 is 36.8 Å². The molecule has 0 fully saturated rings. The van der Waals surface area contributed by atoms with Crippen molar-refractivity contribution in [2.45, 2.75) is 159 Å². The van der Waals surface area contributed by atoms with Crippen LogP contribution in [0.1, 0.15) is 128 Å². The molecule has 4 heteroatoms. The van der Waals surface area contributed by atoms with Crippen LogP contribution >= 0.6 is 22.7 Å². The van der Waals surface area contributed by atoms with Crippen molar-refractivity contribution in [3.05, 3.63) is 23.3 Å². The summed E-state index contributed by atoms with van der Waals surface area (Å²) in [4.78, 5) is 19.0. The van der Waals surface area contributed by atoms with Crippen molar-refractivity contribution in [1.29, 1.82) is 0 Å². The van der Waals surface area contributed by atoms with Crippen molar-refractivity contribution in [3.63, 3.8) is 0 Å². The number of hydrogen-bond donors (Lipinski definition) is 0. The molecule has 0 unspecified atom stereocenters. The summed E-state index contributed by atoms with van der Waals surface area (Å²) in [5.41, 5.74) is 3.47. The van der Waals surface area contributed by atoms with Crippen LogP contribution in [-0.4, -0.2) is 36.8 Å². The van der Waals surface area contributed by atoms with Gasteiger partial charge in [-0.25, -0.2) is 0 Å². The first-order chi connectivity index (χ1) is 18.1. The molecular weight excluding hydrogens is 710 g/mol. The first-order valence-electron chi connectivity index (χ1n) is 16.3. The van der Waals surface area contributed by atoms with E-state index in [4.69, 9.17) is 0 Å². The van der Waals surface area contributed by atoms with Crippen molar-refractivity contribution in [3.8, 4) is 9.75 Å². The zero-order valence-corrected chi connectivity index (χ0v) is 34.0. The Balaban J connectivity index is 2.04. The molecule has 0 saturated heterocycles. The van der Waals surface area contributed by atoms with Crippen LogP contribution < -0.4 is 5.79 Å². The Labute approximate surface area is 254 Å². The van der Waals surface area contributed by atoms with Gasteiger partial charge in [-0.1, -0.05) is 0 Å². The van der Waals surface area contributed by atoms with Crippen LogP contribution in [0.4, 0.5) is 0 Å². The minimum absolute atomic E-state index is 1.32. The molecule has 0 spiro atoms. The summed E-state index contributed by atoms with van der Waals surface area (Å²) in [6, 6.07) is 5.30. The molecular formula is C34H62S2Sn2. The molecule has 0 aliphatic rings. The molecule has 0 atom stereocenters. The van der Waals surface area contributed by atoms with Gasteiger partial charge < -0.3 is 0 Å². The zero-order valence-electron chi connectivity index (χ0n) is 26.7. The molecule has 0 aromatic carbocycles. The molecule has 38 heavy (non-hydrogen) atoms. The third-order valence-corrected chi connectivity index (χ3v) is 29.6. The van der Waals surface area contributed by atoms with E-state index in [0.29, 0.717) is 0 Å². The molecule has 0 nitrogen and oxygen atoms in total. The first kappa shape index (κ1) is 35.2. The molecule has 0 aliphatic heterocycles. The Bertz CT molecular complexity index is 820. The number of rotatable bonds is 21. The van der Waals surface area contributed by atoms with Gasteiger partial charge in [-0.2, -0.15) is 0 Å². The topological polar surface area (TPSA) is 0 Å². The SMILES string of the molecule is CCCCCCCCCCc1cc(-c2cc(CCCCCCCCCC)[c]([Sn]([CH3])([CH3])[CH3])s2)s[c]1[Sn]([CH3])([CH3])[CH3]. The molecule has 2 heterocycles. The van der Waals surface area contributed by atoms with Crippen LogP contribution in [-0.2, 0) is 12.8 Å². The Morgan fingerprint density at radius 1 is 0.447 bits per heavy atom. The third kappa shape index (κ3) is 12.9. The van der Waals surface area contributed by atoms with Crippen LogP contribution in [0.25, 0.3) is 9.75 Å². The van der Waals surface area contributed by atoms with Gasteiger partial charge in [0.25, 0.3) is 0 Å². The molecule has 0 bridgehead atoms. The van der Waals surface area contributed by atoms with Gasteiger partial charge >= 0.3 is 257 Å². The predicted octanol–water partition coefficient (Wildman–Crippen LogP) is 11.9. The zero-order chi connectivity index (χ0) is 28.0. The van der Waals surface area contributed by atoms with Gasteiger partial charge in [-0.3, -0.25) is 0 Å². The summed E-state index contributed by atoms with van der Waals surface area (Å²) < 4.78 is 3.69. The summed E-state index contributed by atoms with van der Waals surface area (Å²) in [6.45, 7) is 4.63. The third-order valence-electron chi connectivity index (χ3n) is 7.82. The fraction of sp³-hybridized carbons (Fsp3) is 0.765. The van der Waals surface area contributed by atoms with Crippen molar-refractivity contribution >= 4 is 65.2 Å². The normalized spacial score (nSPS) is 12.5. The fourth-order valence-electron chi connectivity index (χ4n) is 5.64. The van der Waals surface area contributed by atoms with E-state index in [2.05, 4.69) is 78.3 Å². The van der Waals surface area contributed by atoms with E-state index in [1.165, 1.54) is 116 Å². The quantitative estimate of drug-likeness (QED) is 0.0876. The summed E-state index contributed by atoms with van der Waals surface area (Å²) in [7, 11) is 0. The van der Waals surface area contributed by atoms with E-state index in [-0.39, 0.29) is 0 Å². The van der Waals surface area contributed by atoms with E-state index in [0.717, 1.165) is 0 Å². The second-order valence-electron chi connectivity index (χ2n) is 13.9. The number of hydrogen-bond acceptors (Lipinski definition) is 2. The second kappa shape index (κ2) is 18.5. The van der Waals surface area contributed by atoms with Crippen LogP contribution in [0.3, 0.4) is 0 Å². The van der Waals surface area contributed by atoms with Gasteiger partial charge in [0.05, 0.1) is 0 Å². The average molecular weight is 772 g/mol. The molecule has 2 aromatic heterocycles. The summed E-state index contributed by atoms with van der Waals surface area (Å²) >= 11 is 0.131. The van der Waals surface area contributed by atoms with Gasteiger partial charge in [-0.15, -0.1) is 0 Å². The average Bonchev–Trinajstić information content (AvgIpc) is 3.47. The van der Waals surface area contributed by atoms with Crippen LogP contribution in [0.15, 0.2) is 12.1 Å². The molecule has 0 radical (unpaired) electrons. The van der Waals surface area contributed by atoms with Crippen molar-refractivity contribution in [2.75, 3.05) is 0 Å². The molecule has 2 aromatic rings. The predicted molar refractivity (Wildman–Crippen MR) is 186 cm³/mol. The van der Waals surface area contributed by atoms with Gasteiger partial charge in [0.1, 0.15) is 0 Å². The van der Waals surface area contributed by atoms with E-state index in [9.17, 15) is 0 Å². The minimum atomic E-state index is -2.13. The molecule has 0 N–H and O–H groups in total. The molecule has 0 amide bonds. The molecule has 0 saturated carbocycles. The number of unbranched alkanes of at least 4 members (excludes halogenated alkanes) is 14. The molecule has 2 rings (SSSR count). The molecule has 0 aliphatic carbocycles. The van der Waals surface area contributed by atoms with Gasteiger partial charge in [0.2, 0.25) is 0 Å². The number of aryl methyl sites for hydroxylation is 2. The Hall–Kier alpha value is 0.997. The van der Waals surface area contributed by atoms with E-state index in [1.54, 1.807) is 20.9 Å². The van der Waals surface area contributed by atoms with Gasteiger partial charge in [-0.05, 0) is 0 Å². The summed E-state index contributed by atoms with van der Waals surface area (Å²) in [5.74, 6) is 0. The monoisotopic (exact) mass is 774 g/mol. The van der Waals surface area contributed by atoms with Crippen molar-refractivity contribution in [1.82, 2.24) is 0 Å². The maximum absolute atomic E-state index is 2.65. The molecule has 218 valence electrons.